The molecule has 23 heavy (non-hydrogen) atoms. The summed E-state index contributed by atoms with van der Waals surface area (Å²) < 4.78 is 5.57. The number of carbonyl (C=O) groups excluding carboxylic acids is 1. The molecule has 2 aromatic carbocycles. The van der Waals surface area contributed by atoms with Crippen molar-refractivity contribution < 1.29 is 9.21 Å². The van der Waals surface area contributed by atoms with Gasteiger partial charge in [-0.25, -0.2) is 0 Å². The average Bonchev–Trinajstić information content (AvgIpc) is 2.98. The summed E-state index contributed by atoms with van der Waals surface area (Å²) in [5.41, 5.74) is 2.66. The van der Waals surface area contributed by atoms with Crippen molar-refractivity contribution in [3.8, 4) is 0 Å². The van der Waals surface area contributed by atoms with Crippen LogP contribution >= 0.6 is 11.6 Å². The summed E-state index contributed by atoms with van der Waals surface area (Å²) in [5.74, 6) is 0.516. The molecule has 1 amide bonds. The van der Waals surface area contributed by atoms with E-state index in [2.05, 4.69) is 19.2 Å². The van der Waals surface area contributed by atoms with Crippen LogP contribution in [0.5, 0.6) is 0 Å². The van der Waals surface area contributed by atoms with Gasteiger partial charge >= 0.3 is 0 Å². The van der Waals surface area contributed by atoms with Crippen molar-refractivity contribution in [2.45, 2.75) is 26.2 Å². The third-order valence-electron chi connectivity index (χ3n) is 4.05. The first-order valence-corrected chi connectivity index (χ1v) is 8.05. The molecule has 0 unspecified atom stereocenters. The SMILES string of the molecule is CC[C@H](C)c1ccc(NC(=O)c2cc3cc(Cl)ccc3o2)cc1. The van der Waals surface area contributed by atoms with E-state index in [9.17, 15) is 4.79 Å². The van der Waals surface area contributed by atoms with Crippen molar-refractivity contribution in [2.24, 2.45) is 0 Å². The number of furan rings is 1. The molecule has 0 fully saturated rings. The number of rotatable bonds is 4. The number of anilines is 1. The molecule has 0 bridgehead atoms. The molecule has 0 spiro atoms. The highest BCUT2D eigenvalue weighted by Crippen LogP contribution is 2.24. The second kappa shape index (κ2) is 6.47. The Labute approximate surface area is 140 Å². The van der Waals surface area contributed by atoms with E-state index >= 15 is 0 Å². The van der Waals surface area contributed by atoms with Crippen LogP contribution in [0.25, 0.3) is 11.0 Å². The average molecular weight is 328 g/mol. The first-order valence-electron chi connectivity index (χ1n) is 7.67. The zero-order chi connectivity index (χ0) is 16.4. The Balaban J connectivity index is 1.77. The van der Waals surface area contributed by atoms with Crippen LogP contribution in [0, 0.1) is 0 Å². The Hall–Kier alpha value is -2.26. The highest BCUT2D eigenvalue weighted by atomic mass is 35.5. The lowest BCUT2D eigenvalue weighted by Crippen LogP contribution is -2.10. The zero-order valence-corrected chi connectivity index (χ0v) is 13.9. The second-order valence-corrected chi connectivity index (χ2v) is 6.11. The fourth-order valence-corrected chi connectivity index (χ4v) is 2.63. The molecule has 1 aromatic heterocycles. The van der Waals surface area contributed by atoms with Crippen LogP contribution in [0.3, 0.4) is 0 Å². The van der Waals surface area contributed by atoms with E-state index in [-0.39, 0.29) is 11.7 Å². The minimum absolute atomic E-state index is 0.270. The maximum Gasteiger partial charge on any atom is 0.291 e. The molecule has 0 aliphatic heterocycles. The molecule has 0 saturated carbocycles. The van der Waals surface area contributed by atoms with Crippen molar-refractivity contribution in [2.75, 3.05) is 5.32 Å². The Morgan fingerprint density at radius 3 is 2.61 bits per heavy atom. The zero-order valence-electron chi connectivity index (χ0n) is 13.1. The van der Waals surface area contributed by atoms with Crippen molar-refractivity contribution in [1.82, 2.24) is 0 Å². The predicted molar refractivity (Wildman–Crippen MR) is 94.3 cm³/mol. The number of carbonyl (C=O) groups is 1. The molecule has 0 radical (unpaired) electrons. The summed E-state index contributed by atoms with van der Waals surface area (Å²) in [4.78, 5) is 12.3. The summed E-state index contributed by atoms with van der Waals surface area (Å²) in [6.07, 6.45) is 1.09. The highest BCUT2D eigenvalue weighted by Gasteiger charge is 2.13. The molecule has 3 rings (SSSR count). The molecule has 0 aliphatic carbocycles. The van der Waals surface area contributed by atoms with Crippen molar-refractivity contribution in [3.63, 3.8) is 0 Å². The lowest BCUT2D eigenvalue weighted by molar-refractivity contribution is 0.0998. The van der Waals surface area contributed by atoms with Gasteiger partial charge < -0.3 is 9.73 Å². The maximum atomic E-state index is 12.3. The van der Waals surface area contributed by atoms with Crippen molar-refractivity contribution >= 4 is 34.2 Å². The minimum Gasteiger partial charge on any atom is -0.451 e. The Morgan fingerprint density at radius 1 is 1.17 bits per heavy atom. The first-order chi connectivity index (χ1) is 11.1. The van der Waals surface area contributed by atoms with Gasteiger partial charge in [-0.2, -0.15) is 0 Å². The number of nitrogens with one attached hydrogen (secondary N) is 1. The third-order valence-corrected chi connectivity index (χ3v) is 4.29. The van der Waals surface area contributed by atoms with Crippen molar-refractivity contribution in [3.05, 3.63) is 64.9 Å². The van der Waals surface area contributed by atoms with Gasteiger partial charge in [-0.05, 0) is 54.3 Å². The molecule has 118 valence electrons. The molecule has 1 N–H and O–H groups in total. The lowest BCUT2D eigenvalue weighted by atomic mass is 9.99. The Morgan fingerprint density at radius 2 is 1.91 bits per heavy atom. The summed E-state index contributed by atoms with van der Waals surface area (Å²) >= 11 is 5.95. The lowest BCUT2D eigenvalue weighted by Gasteiger charge is -2.10. The molecular formula is C19H18ClNO2. The first kappa shape index (κ1) is 15.6. The van der Waals surface area contributed by atoms with Crippen molar-refractivity contribution in [1.29, 1.82) is 0 Å². The molecule has 0 aliphatic rings. The van der Waals surface area contributed by atoms with E-state index in [0.29, 0.717) is 16.5 Å². The number of benzene rings is 2. The Bertz CT molecular complexity index is 836. The molecule has 3 nitrogen and oxygen atoms in total. The fraction of sp³-hybridized carbons (Fsp3) is 0.211. The second-order valence-electron chi connectivity index (χ2n) is 5.68. The van der Waals surface area contributed by atoms with Gasteiger partial charge in [0.15, 0.2) is 5.76 Å². The van der Waals surface area contributed by atoms with Gasteiger partial charge in [0.05, 0.1) is 0 Å². The van der Waals surface area contributed by atoms with Crippen LogP contribution in [0.1, 0.15) is 42.3 Å². The van der Waals surface area contributed by atoms with Gasteiger partial charge in [-0.3, -0.25) is 4.79 Å². The van der Waals surface area contributed by atoms with Crippen LogP contribution in [-0.2, 0) is 0 Å². The standard InChI is InChI=1S/C19H18ClNO2/c1-3-12(2)13-4-7-16(8-5-13)21-19(22)18-11-14-10-15(20)6-9-17(14)23-18/h4-12H,3H2,1-2H3,(H,21,22)/t12-/m0/s1. The Kier molecular flexibility index (Phi) is 4.39. The number of halogens is 1. The molecule has 1 heterocycles. The quantitative estimate of drug-likeness (QED) is 0.652. The summed E-state index contributed by atoms with van der Waals surface area (Å²) in [7, 11) is 0. The summed E-state index contributed by atoms with van der Waals surface area (Å²) in [6, 6.07) is 14.9. The van der Waals surface area contributed by atoms with Crippen LogP contribution < -0.4 is 5.32 Å². The summed E-state index contributed by atoms with van der Waals surface area (Å²) in [5, 5.41) is 4.28. The fourth-order valence-electron chi connectivity index (χ4n) is 2.45. The number of hydrogen-bond acceptors (Lipinski definition) is 2. The van der Waals surface area contributed by atoms with Gasteiger partial charge in [-0.1, -0.05) is 37.6 Å². The topological polar surface area (TPSA) is 42.2 Å². The van der Waals surface area contributed by atoms with Crippen LogP contribution in [0.2, 0.25) is 5.02 Å². The normalized spacial score (nSPS) is 12.3. The van der Waals surface area contributed by atoms with Crippen LogP contribution in [-0.4, -0.2) is 5.91 Å². The van der Waals surface area contributed by atoms with E-state index in [0.717, 1.165) is 17.5 Å². The number of fused-ring (bicyclic) bond motifs is 1. The van der Waals surface area contributed by atoms with E-state index in [1.807, 2.05) is 24.3 Å². The van der Waals surface area contributed by atoms with Crippen LogP contribution in [0.15, 0.2) is 52.9 Å². The third kappa shape index (κ3) is 3.40. The monoisotopic (exact) mass is 327 g/mol. The van der Waals surface area contributed by atoms with Gasteiger partial charge in [-0.15, -0.1) is 0 Å². The molecule has 0 saturated heterocycles. The maximum absolute atomic E-state index is 12.3. The smallest absolute Gasteiger partial charge is 0.291 e. The van der Waals surface area contributed by atoms with E-state index in [4.69, 9.17) is 16.0 Å². The molecular weight excluding hydrogens is 310 g/mol. The van der Waals surface area contributed by atoms with E-state index in [1.54, 1.807) is 24.3 Å². The van der Waals surface area contributed by atoms with Crippen LogP contribution in [0.4, 0.5) is 5.69 Å². The number of amides is 1. The molecule has 4 heteroatoms. The minimum atomic E-state index is -0.270. The highest BCUT2D eigenvalue weighted by molar-refractivity contribution is 6.31. The van der Waals surface area contributed by atoms with Gasteiger partial charge in [0, 0.05) is 16.1 Å². The van der Waals surface area contributed by atoms with E-state index in [1.165, 1.54) is 5.56 Å². The van der Waals surface area contributed by atoms with Gasteiger partial charge in [0.1, 0.15) is 5.58 Å². The largest absolute Gasteiger partial charge is 0.451 e. The van der Waals surface area contributed by atoms with Gasteiger partial charge in [0.25, 0.3) is 5.91 Å². The molecule has 3 aromatic rings. The predicted octanol–water partition coefficient (Wildman–Crippen LogP) is 5.85. The summed E-state index contributed by atoms with van der Waals surface area (Å²) in [6.45, 7) is 4.35. The van der Waals surface area contributed by atoms with Gasteiger partial charge in [0.2, 0.25) is 0 Å². The van der Waals surface area contributed by atoms with E-state index < -0.39 is 0 Å². The molecule has 1 atom stereocenters. The number of hydrogen-bond donors (Lipinski definition) is 1.